The molecular weight excluding hydrogens is 416 g/mol. The lowest BCUT2D eigenvalue weighted by Crippen LogP contribution is -2.22. The topological polar surface area (TPSA) is 52.4 Å². The normalized spacial score (nSPS) is 19.2. The summed E-state index contributed by atoms with van der Waals surface area (Å²) in [4.78, 5) is 2.38. The number of aromatic nitrogens is 3. The highest BCUT2D eigenvalue weighted by Gasteiger charge is 2.32. The number of fused-ring (bicyclic) bond motifs is 1. The van der Waals surface area contributed by atoms with E-state index in [1.807, 2.05) is 6.07 Å². The first kappa shape index (κ1) is 16.7. The fourth-order valence-electron chi connectivity index (χ4n) is 3.51. The second kappa shape index (κ2) is 6.96. The fourth-order valence-corrected chi connectivity index (χ4v) is 5.15. The Labute approximate surface area is 165 Å². The van der Waals surface area contributed by atoms with E-state index >= 15 is 0 Å². The third-order valence-electron chi connectivity index (χ3n) is 5.02. The summed E-state index contributed by atoms with van der Waals surface area (Å²) in [7, 11) is 0. The quantitative estimate of drug-likeness (QED) is 0.659. The van der Waals surface area contributed by atoms with Gasteiger partial charge in [0.15, 0.2) is 16.7 Å². The lowest BCUT2D eigenvalue weighted by Gasteiger charge is -2.20. The Morgan fingerprint density at radius 1 is 1.08 bits per heavy atom. The van der Waals surface area contributed by atoms with E-state index < -0.39 is 0 Å². The van der Waals surface area contributed by atoms with Gasteiger partial charge in [-0.3, -0.25) is 4.57 Å². The van der Waals surface area contributed by atoms with Gasteiger partial charge in [0.05, 0.1) is 0 Å². The van der Waals surface area contributed by atoms with Crippen LogP contribution in [-0.2, 0) is 5.75 Å². The molecule has 26 heavy (non-hydrogen) atoms. The first-order valence-corrected chi connectivity index (χ1v) is 11.0. The minimum absolute atomic E-state index is 0.576. The van der Waals surface area contributed by atoms with Gasteiger partial charge in [-0.1, -0.05) is 27.7 Å². The third-order valence-corrected chi connectivity index (χ3v) is 6.75. The summed E-state index contributed by atoms with van der Waals surface area (Å²) >= 11 is 5.42. The molecular formula is C18H21BrN4O2S. The number of benzene rings is 1. The summed E-state index contributed by atoms with van der Waals surface area (Å²) in [5.74, 6) is 3.53. The van der Waals surface area contributed by atoms with Crippen molar-refractivity contribution in [2.24, 2.45) is 0 Å². The molecule has 1 saturated heterocycles. The molecule has 3 aliphatic rings. The lowest BCUT2D eigenvalue weighted by atomic mass is 10.2. The van der Waals surface area contributed by atoms with E-state index in [0.717, 1.165) is 45.9 Å². The first-order valence-electron chi connectivity index (χ1n) is 9.20. The number of anilines is 1. The van der Waals surface area contributed by atoms with E-state index in [1.165, 1.54) is 31.2 Å². The standard InChI is InChI=1S/C18H21BrN4O2S/c19-14-10-16-15(24-7-8-25-16)9-12(14)11-26-18-21-20-17(22-5-1-2-6-22)23(18)13-3-4-13/h9-10,13H,1-8,11H2. The zero-order chi connectivity index (χ0) is 17.5. The highest BCUT2D eigenvalue weighted by Crippen LogP contribution is 2.43. The van der Waals surface area contributed by atoms with Crippen molar-refractivity contribution in [1.29, 1.82) is 0 Å². The Morgan fingerprint density at radius 3 is 2.54 bits per heavy atom. The van der Waals surface area contributed by atoms with Crippen molar-refractivity contribution in [3.63, 3.8) is 0 Å². The molecule has 0 bridgehead atoms. The van der Waals surface area contributed by atoms with E-state index in [-0.39, 0.29) is 0 Å². The molecule has 2 aliphatic heterocycles. The van der Waals surface area contributed by atoms with Gasteiger partial charge in [-0.2, -0.15) is 0 Å². The number of hydrogen-bond acceptors (Lipinski definition) is 6. The summed E-state index contributed by atoms with van der Waals surface area (Å²) < 4.78 is 14.8. The molecule has 138 valence electrons. The van der Waals surface area contributed by atoms with Gasteiger partial charge in [-0.05, 0) is 43.4 Å². The Bertz CT molecular complexity index is 818. The van der Waals surface area contributed by atoms with Crippen molar-refractivity contribution in [1.82, 2.24) is 14.8 Å². The molecule has 1 saturated carbocycles. The fraction of sp³-hybridized carbons (Fsp3) is 0.556. The number of nitrogens with zero attached hydrogens (tertiary/aromatic N) is 4. The number of halogens is 1. The van der Waals surface area contributed by atoms with Crippen LogP contribution in [0.3, 0.4) is 0 Å². The van der Waals surface area contributed by atoms with Gasteiger partial charge in [-0.25, -0.2) is 0 Å². The van der Waals surface area contributed by atoms with Gasteiger partial charge in [0.2, 0.25) is 5.95 Å². The molecule has 1 aromatic carbocycles. The molecule has 0 amide bonds. The van der Waals surface area contributed by atoms with Gasteiger partial charge >= 0.3 is 0 Å². The average Bonchev–Trinajstić information content (AvgIpc) is 3.18. The number of rotatable bonds is 5. The minimum atomic E-state index is 0.576. The molecule has 8 heteroatoms. The molecule has 0 radical (unpaired) electrons. The molecule has 6 nitrogen and oxygen atoms in total. The minimum Gasteiger partial charge on any atom is -0.486 e. The highest BCUT2D eigenvalue weighted by atomic mass is 79.9. The monoisotopic (exact) mass is 436 g/mol. The Balaban J connectivity index is 1.37. The summed E-state index contributed by atoms with van der Waals surface area (Å²) in [5, 5.41) is 10.1. The maximum Gasteiger partial charge on any atom is 0.228 e. The van der Waals surface area contributed by atoms with Crippen LogP contribution in [0.2, 0.25) is 0 Å². The Hall–Kier alpha value is -1.41. The SMILES string of the molecule is Brc1cc2c(cc1CSc1nnc(N3CCCC3)n1C1CC1)OCCO2. The number of hydrogen-bond donors (Lipinski definition) is 0. The van der Waals surface area contributed by atoms with E-state index in [0.29, 0.717) is 19.3 Å². The molecule has 0 N–H and O–H groups in total. The van der Waals surface area contributed by atoms with Crippen LogP contribution in [0.15, 0.2) is 21.8 Å². The zero-order valence-corrected chi connectivity index (χ0v) is 16.9. The van der Waals surface area contributed by atoms with Crippen LogP contribution in [0.4, 0.5) is 5.95 Å². The molecule has 3 heterocycles. The number of thioether (sulfide) groups is 1. The highest BCUT2D eigenvalue weighted by molar-refractivity contribution is 9.10. The van der Waals surface area contributed by atoms with E-state index in [4.69, 9.17) is 9.47 Å². The molecule has 1 aromatic heterocycles. The summed E-state index contributed by atoms with van der Waals surface area (Å²) in [6, 6.07) is 4.66. The molecule has 0 unspecified atom stereocenters. The van der Waals surface area contributed by atoms with Crippen molar-refractivity contribution in [2.45, 2.75) is 42.6 Å². The van der Waals surface area contributed by atoms with Crippen LogP contribution in [0.5, 0.6) is 11.5 Å². The van der Waals surface area contributed by atoms with Crippen molar-refractivity contribution in [3.8, 4) is 11.5 Å². The molecule has 2 fully saturated rings. The van der Waals surface area contributed by atoms with Crippen LogP contribution in [0.1, 0.15) is 37.3 Å². The van der Waals surface area contributed by atoms with Gasteiger partial charge in [0, 0.05) is 29.4 Å². The van der Waals surface area contributed by atoms with Crippen molar-refractivity contribution >= 4 is 33.6 Å². The molecule has 2 aromatic rings. The van der Waals surface area contributed by atoms with Crippen LogP contribution >= 0.6 is 27.7 Å². The van der Waals surface area contributed by atoms with Gasteiger partial charge < -0.3 is 14.4 Å². The summed E-state index contributed by atoms with van der Waals surface area (Å²) in [6.45, 7) is 3.42. The second-order valence-corrected chi connectivity index (χ2v) is 8.75. The maximum atomic E-state index is 5.72. The number of ether oxygens (including phenoxy) is 2. The third kappa shape index (κ3) is 3.17. The van der Waals surface area contributed by atoms with E-state index in [1.54, 1.807) is 11.8 Å². The van der Waals surface area contributed by atoms with Crippen molar-refractivity contribution in [2.75, 3.05) is 31.2 Å². The van der Waals surface area contributed by atoms with E-state index in [9.17, 15) is 0 Å². The zero-order valence-electron chi connectivity index (χ0n) is 14.5. The first-order chi connectivity index (χ1) is 12.8. The van der Waals surface area contributed by atoms with Crippen molar-refractivity contribution < 1.29 is 9.47 Å². The Kier molecular flexibility index (Phi) is 4.48. The van der Waals surface area contributed by atoms with Crippen LogP contribution in [-0.4, -0.2) is 41.1 Å². The van der Waals surface area contributed by atoms with Gasteiger partial charge in [0.25, 0.3) is 0 Å². The predicted molar refractivity (Wildman–Crippen MR) is 104 cm³/mol. The summed E-state index contributed by atoms with van der Waals surface area (Å²) in [5.41, 5.74) is 1.19. The van der Waals surface area contributed by atoms with Crippen molar-refractivity contribution in [3.05, 3.63) is 22.2 Å². The van der Waals surface area contributed by atoms with E-state index in [2.05, 4.69) is 41.7 Å². The van der Waals surface area contributed by atoms with Crippen LogP contribution in [0.25, 0.3) is 0 Å². The maximum absolute atomic E-state index is 5.72. The van der Waals surface area contributed by atoms with Gasteiger partial charge in [0.1, 0.15) is 13.2 Å². The lowest BCUT2D eigenvalue weighted by molar-refractivity contribution is 0.171. The van der Waals surface area contributed by atoms with Crippen LogP contribution in [0, 0.1) is 0 Å². The molecule has 5 rings (SSSR count). The molecule has 0 spiro atoms. The predicted octanol–water partition coefficient (Wildman–Crippen LogP) is 4.04. The smallest absolute Gasteiger partial charge is 0.228 e. The second-order valence-electron chi connectivity index (χ2n) is 6.95. The van der Waals surface area contributed by atoms with Gasteiger partial charge in [-0.15, -0.1) is 10.2 Å². The Morgan fingerprint density at radius 2 is 1.81 bits per heavy atom. The largest absolute Gasteiger partial charge is 0.486 e. The van der Waals surface area contributed by atoms with Crippen LogP contribution < -0.4 is 14.4 Å². The summed E-state index contributed by atoms with van der Waals surface area (Å²) in [6.07, 6.45) is 4.98. The molecule has 0 atom stereocenters. The average molecular weight is 437 g/mol. The molecule has 1 aliphatic carbocycles.